The topological polar surface area (TPSA) is 66.9 Å². The number of nitrogens with one attached hydrogen (secondary N) is 2. The highest BCUT2D eigenvalue weighted by Gasteiger charge is 1.99. The number of urea groups is 1. The van der Waals surface area contributed by atoms with E-state index >= 15 is 0 Å². The highest BCUT2D eigenvalue weighted by Crippen LogP contribution is 2.03. The van der Waals surface area contributed by atoms with Gasteiger partial charge in [0.05, 0.1) is 0 Å². The zero-order valence-electron chi connectivity index (χ0n) is 9.88. The van der Waals surface area contributed by atoms with E-state index in [1.165, 1.54) is 30.7 Å². The van der Waals surface area contributed by atoms with Crippen molar-refractivity contribution in [3.05, 3.63) is 60.3 Å². The van der Waals surface area contributed by atoms with Crippen LogP contribution in [0.2, 0.25) is 0 Å². The molecule has 2 N–H and O–H groups in total. The molecule has 0 bridgehead atoms. The molecule has 2 amide bonds. The number of benzene rings is 1. The van der Waals surface area contributed by atoms with Crippen molar-refractivity contribution < 1.29 is 9.18 Å². The summed E-state index contributed by atoms with van der Waals surface area (Å²) in [5, 5.41) is 4.94. The van der Waals surface area contributed by atoms with E-state index in [0.29, 0.717) is 0 Å². The van der Waals surface area contributed by atoms with Gasteiger partial charge < -0.3 is 5.32 Å². The van der Waals surface area contributed by atoms with Gasteiger partial charge in [0.2, 0.25) is 5.95 Å². The lowest BCUT2D eigenvalue weighted by Gasteiger charge is -2.01. The quantitative estimate of drug-likeness (QED) is 0.888. The molecule has 0 aliphatic heterocycles. The van der Waals surface area contributed by atoms with Crippen LogP contribution >= 0.6 is 0 Å². The molecule has 0 spiro atoms. The van der Waals surface area contributed by atoms with Crippen molar-refractivity contribution in [2.45, 2.75) is 0 Å². The van der Waals surface area contributed by atoms with Crippen molar-refractivity contribution in [1.82, 2.24) is 15.3 Å². The Morgan fingerprint density at radius 3 is 2.53 bits per heavy atom. The summed E-state index contributed by atoms with van der Waals surface area (Å²) in [6.45, 7) is 0. The summed E-state index contributed by atoms with van der Waals surface area (Å²) in [4.78, 5) is 19.1. The maximum atomic E-state index is 12.7. The summed E-state index contributed by atoms with van der Waals surface area (Å²) >= 11 is 0. The minimum atomic E-state index is -0.454. The van der Waals surface area contributed by atoms with E-state index in [2.05, 4.69) is 20.6 Å². The molecule has 6 heteroatoms. The largest absolute Gasteiger partial charge is 0.325 e. The van der Waals surface area contributed by atoms with Gasteiger partial charge in [0.1, 0.15) is 5.82 Å². The van der Waals surface area contributed by atoms with E-state index in [1.807, 2.05) is 0 Å². The van der Waals surface area contributed by atoms with Gasteiger partial charge in [-0.1, -0.05) is 12.1 Å². The van der Waals surface area contributed by atoms with Crippen LogP contribution in [0.25, 0.3) is 6.08 Å². The van der Waals surface area contributed by atoms with Crippen LogP contribution in [0.1, 0.15) is 5.56 Å². The third-order valence-electron chi connectivity index (χ3n) is 2.15. The summed E-state index contributed by atoms with van der Waals surface area (Å²) in [6.07, 6.45) is 6.14. The van der Waals surface area contributed by atoms with Gasteiger partial charge in [0, 0.05) is 18.6 Å². The number of amides is 2. The highest BCUT2D eigenvalue weighted by molar-refractivity contribution is 5.88. The first-order chi connectivity index (χ1) is 9.24. The normalized spacial score (nSPS) is 10.4. The Bertz CT molecular complexity index is 569. The van der Waals surface area contributed by atoms with E-state index in [9.17, 15) is 9.18 Å². The molecule has 0 saturated carbocycles. The zero-order valence-corrected chi connectivity index (χ0v) is 9.88. The molecule has 0 aliphatic carbocycles. The molecule has 0 radical (unpaired) electrons. The maximum absolute atomic E-state index is 12.7. The summed E-state index contributed by atoms with van der Waals surface area (Å²) in [5.41, 5.74) is 0.776. The minimum Gasteiger partial charge on any atom is -0.314 e. The number of aromatic nitrogens is 2. The molecule has 1 aromatic heterocycles. The van der Waals surface area contributed by atoms with Crippen LogP contribution in [-0.4, -0.2) is 16.0 Å². The Balaban J connectivity index is 1.85. The van der Waals surface area contributed by atoms with E-state index in [-0.39, 0.29) is 11.8 Å². The second-order valence-corrected chi connectivity index (χ2v) is 3.56. The second-order valence-electron chi connectivity index (χ2n) is 3.56. The number of carbonyl (C=O) groups excluding carboxylic acids is 1. The summed E-state index contributed by atoms with van der Waals surface area (Å²) < 4.78 is 12.7. The van der Waals surface area contributed by atoms with Crippen molar-refractivity contribution >= 4 is 18.1 Å². The fourth-order valence-corrected chi connectivity index (χ4v) is 1.29. The molecule has 96 valence electrons. The number of carbonyl (C=O) groups is 1. The predicted molar refractivity (Wildman–Crippen MR) is 69.6 cm³/mol. The van der Waals surface area contributed by atoms with Crippen LogP contribution in [0.3, 0.4) is 0 Å². The number of anilines is 1. The molecule has 1 aromatic carbocycles. The summed E-state index contributed by atoms with van der Waals surface area (Å²) in [5.74, 6) is -0.0840. The van der Waals surface area contributed by atoms with Crippen molar-refractivity contribution in [3.63, 3.8) is 0 Å². The molecular formula is C13H11FN4O. The molecule has 5 nitrogen and oxygen atoms in total. The van der Waals surface area contributed by atoms with Gasteiger partial charge in [-0.15, -0.1) is 0 Å². The molecule has 0 unspecified atom stereocenters. The Labute approximate surface area is 109 Å². The Kier molecular flexibility index (Phi) is 4.17. The van der Waals surface area contributed by atoms with E-state index in [0.717, 1.165) is 5.56 Å². The molecule has 0 saturated heterocycles. The predicted octanol–water partition coefficient (Wildman–Crippen LogP) is 2.41. The van der Waals surface area contributed by atoms with Crippen molar-refractivity contribution in [3.8, 4) is 0 Å². The van der Waals surface area contributed by atoms with Crippen molar-refractivity contribution in [2.75, 3.05) is 5.32 Å². The lowest BCUT2D eigenvalue weighted by atomic mass is 10.2. The standard InChI is InChI=1S/C13H11FN4O/c14-11-4-2-10(3-5-11)6-9-17-13(19)18-12-15-7-1-8-16-12/h1-9H,(H2,15,16,17,18,19)/b9-6+. The summed E-state index contributed by atoms with van der Waals surface area (Å²) in [6, 6.07) is 7.09. The van der Waals surface area contributed by atoms with Crippen LogP contribution in [0.4, 0.5) is 15.1 Å². The SMILES string of the molecule is O=C(N/C=C/c1ccc(F)cc1)Nc1ncccn1. The third-order valence-corrected chi connectivity index (χ3v) is 2.15. The molecule has 2 aromatic rings. The van der Waals surface area contributed by atoms with Crippen LogP contribution in [0.15, 0.2) is 48.9 Å². The third kappa shape index (κ3) is 4.19. The van der Waals surface area contributed by atoms with Crippen molar-refractivity contribution in [2.24, 2.45) is 0 Å². The van der Waals surface area contributed by atoms with Gasteiger partial charge in [-0.3, -0.25) is 5.32 Å². The summed E-state index contributed by atoms with van der Waals surface area (Å²) in [7, 11) is 0. The van der Waals surface area contributed by atoms with Crippen LogP contribution in [0, 0.1) is 5.82 Å². The number of rotatable bonds is 3. The van der Waals surface area contributed by atoms with Crippen molar-refractivity contribution in [1.29, 1.82) is 0 Å². The Morgan fingerprint density at radius 1 is 1.16 bits per heavy atom. The van der Waals surface area contributed by atoms with Gasteiger partial charge >= 0.3 is 6.03 Å². The average molecular weight is 258 g/mol. The number of hydrogen-bond donors (Lipinski definition) is 2. The van der Waals surface area contributed by atoms with E-state index < -0.39 is 6.03 Å². The monoisotopic (exact) mass is 258 g/mol. The molecule has 2 rings (SSSR count). The molecule has 0 fully saturated rings. The first-order valence-electron chi connectivity index (χ1n) is 5.51. The van der Waals surface area contributed by atoms with Gasteiger partial charge in [-0.05, 0) is 29.8 Å². The van der Waals surface area contributed by atoms with Crippen LogP contribution < -0.4 is 10.6 Å². The van der Waals surface area contributed by atoms with Gasteiger partial charge in [0.25, 0.3) is 0 Å². The minimum absolute atomic E-state index is 0.218. The van der Waals surface area contributed by atoms with E-state index in [4.69, 9.17) is 0 Å². The zero-order chi connectivity index (χ0) is 13.5. The van der Waals surface area contributed by atoms with Gasteiger partial charge in [0.15, 0.2) is 0 Å². The van der Waals surface area contributed by atoms with Gasteiger partial charge in [-0.25, -0.2) is 19.2 Å². The first kappa shape index (κ1) is 12.7. The number of halogens is 1. The smallest absolute Gasteiger partial charge is 0.314 e. The fraction of sp³-hybridized carbons (Fsp3) is 0. The van der Waals surface area contributed by atoms with Crippen LogP contribution in [-0.2, 0) is 0 Å². The number of nitrogens with zero attached hydrogens (tertiary/aromatic N) is 2. The Morgan fingerprint density at radius 2 is 1.84 bits per heavy atom. The molecule has 19 heavy (non-hydrogen) atoms. The highest BCUT2D eigenvalue weighted by atomic mass is 19.1. The fourth-order valence-electron chi connectivity index (χ4n) is 1.29. The lowest BCUT2D eigenvalue weighted by molar-refractivity contribution is 0.255. The molecule has 1 heterocycles. The lowest BCUT2D eigenvalue weighted by Crippen LogP contribution is -2.24. The Hall–Kier alpha value is -2.76. The molecular weight excluding hydrogens is 247 g/mol. The molecule has 0 aliphatic rings. The number of hydrogen-bond acceptors (Lipinski definition) is 3. The van der Waals surface area contributed by atoms with Crippen LogP contribution in [0.5, 0.6) is 0 Å². The maximum Gasteiger partial charge on any atom is 0.325 e. The van der Waals surface area contributed by atoms with E-state index in [1.54, 1.807) is 24.3 Å². The molecule has 0 atom stereocenters. The second kappa shape index (κ2) is 6.25. The van der Waals surface area contributed by atoms with Gasteiger partial charge in [-0.2, -0.15) is 0 Å². The average Bonchev–Trinajstić information content (AvgIpc) is 2.42. The first-order valence-corrected chi connectivity index (χ1v) is 5.51.